The van der Waals surface area contributed by atoms with Crippen molar-refractivity contribution in [1.82, 2.24) is 4.72 Å². The lowest BCUT2D eigenvalue weighted by Gasteiger charge is -2.17. The van der Waals surface area contributed by atoms with Gasteiger partial charge in [0.2, 0.25) is 10.0 Å². The molecule has 1 fully saturated rings. The average molecular weight is 284 g/mol. The van der Waals surface area contributed by atoms with Crippen LogP contribution < -0.4 is 10.5 Å². The number of hydrogen-bond donors (Lipinski definition) is 2. The van der Waals surface area contributed by atoms with Gasteiger partial charge in [-0.25, -0.2) is 13.1 Å². The second kappa shape index (κ2) is 5.58. The molecule has 3 unspecified atom stereocenters. The Morgan fingerprint density at radius 2 is 2.21 bits per heavy atom. The van der Waals surface area contributed by atoms with Crippen molar-refractivity contribution in [2.45, 2.75) is 43.4 Å². The fourth-order valence-electron chi connectivity index (χ4n) is 2.12. The SMILES string of the molecule is CC(N)c1cccc(S(=O)(=O)NC2CCOC2C)c1. The smallest absolute Gasteiger partial charge is 0.240 e. The molecule has 1 aliphatic heterocycles. The Kier molecular flexibility index (Phi) is 4.25. The average Bonchev–Trinajstić information content (AvgIpc) is 2.74. The topological polar surface area (TPSA) is 81.4 Å². The maximum atomic E-state index is 12.3. The highest BCUT2D eigenvalue weighted by atomic mass is 32.2. The molecule has 19 heavy (non-hydrogen) atoms. The van der Waals surface area contributed by atoms with Crippen molar-refractivity contribution in [1.29, 1.82) is 0 Å². The summed E-state index contributed by atoms with van der Waals surface area (Å²) in [6.07, 6.45) is 0.610. The summed E-state index contributed by atoms with van der Waals surface area (Å²) in [7, 11) is -3.52. The molecule has 1 aromatic carbocycles. The monoisotopic (exact) mass is 284 g/mol. The van der Waals surface area contributed by atoms with Crippen molar-refractivity contribution in [2.24, 2.45) is 5.73 Å². The number of ether oxygens (including phenoxy) is 1. The molecule has 0 radical (unpaired) electrons. The summed E-state index contributed by atoms with van der Waals surface area (Å²) < 4.78 is 32.7. The summed E-state index contributed by atoms with van der Waals surface area (Å²) in [6.45, 7) is 4.29. The minimum Gasteiger partial charge on any atom is -0.377 e. The van der Waals surface area contributed by atoms with Crippen LogP contribution in [0.15, 0.2) is 29.2 Å². The zero-order chi connectivity index (χ0) is 14.0. The Morgan fingerprint density at radius 1 is 1.47 bits per heavy atom. The van der Waals surface area contributed by atoms with E-state index in [9.17, 15) is 8.42 Å². The van der Waals surface area contributed by atoms with Gasteiger partial charge >= 0.3 is 0 Å². The Hall–Kier alpha value is -0.950. The number of rotatable bonds is 4. The summed E-state index contributed by atoms with van der Waals surface area (Å²) in [4.78, 5) is 0.251. The molecule has 106 valence electrons. The van der Waals surface area contributed by atoms with Gasteiger partial charge in [-0.15, -0.1) is 0 Å². The van der Waals surface area contributed by atoms with Gasteiger partial charge < -0.3 is 10.5 Å². The Balaban J connectivity index is 2.21. The van der Waals surface area contributed by atoms with Crippen molar-refractivity contribution in [2.75, 3.05) is 6.61 Å². The van der Waals surface area contributed by atoms with Crippen molar-refractivity contribution in [3.8, 4) is 0 Å². The maximum absolute atomic E-state index is 12.3. The van der Waals surface area contributed by atoms with E-state index in [1.54, 1.807) is 18.2 Å². The fourth-order valence-corrected chi connectivity index (χ4v) is 3.51. The predicted octanol–water partition coefficient (Wildman–Crippen LogP) is 1.16. The van der Waals surface area contributed by atoms with Crippen LogP contribution in [0.25, 0.3) is 0 Å². The first-order chi connectivity index (χ1) is 8.90. The third-order valence-corrected chi connectivity index (χ3v) is 4.86. The van der Waals surface area contributed by atoms with E-state index in [-0.39, 0.29) is 23.1 Å². The molecule has 1 aromatic rings. The first-order valence-electron chi connectivity index (χ1n) is 6.39. The summed E-state index contributed by atoms with van der Waals surface area (Å²) in [5.41, 5.74) is 6.58. The quantitative estimate of drug-likeness (QED) is 0.869. The van der Waals surface area contributed by atoms with E-state index in [4.69, 9.17) is 10.5 Å². The first kappa shape index (κ1) is 14.5. The highest BCUT2D eigenvalue weighted by molar-refractivity contribution is 7.89. The summed E-state index contributed by atoms with van der Waals surface area (Å²) in [6, 6.07) is 6.38. The molecule has 0 amide bonds. The van der Waals surface area contributed by atoms with E-state index in [0.717, 1.165) is 5.56 Å². The number of nitrogens with two attached hydrogens (primary N) is 1. The number of hydrogen-bond acceptors (Lipinski definition) is 4. The lowest BCUT2D eigenvalue weighted by Crippen LogP contribution is -2.39. The Labute approximate surface area is 114 Å². The molecule has 0 saturated carbocycles. The Bertz CT molecular complexity index is 543. The molecular formula is C13H20N2O3S. The molecule has 1 heterocycles. The van der Waals surface area contributed by atoms with E-state index in [1.807, 2.05) is 19.9 Å². The van der Waals surface area contributed by atoms with Crippen LogP contribution in [0.1, 0.15) is 31.9 Å². The molecule has 0 spiro atoms. The highest BCUT2D eigenvalue weighted by Gasteiger charge is 2.29. The summed E-state index contributed by atoms with van der Waals surface area (Å²) in [5.74, 6) is 0. The summed E-state index contributed by atoms with van der Waals surface area (Å²) >= 11 is 0. The normalized spacial score (nSPS) is 25.4. The van der Waals surface area contributed by atoms with Crippen molar-refractivity contribution >= 4 is 10.0 Å². The second-order valence-electron chi connectivity index (χ2n) is 4.95. The van der Waals surface area contributed by atoms with Gasteiger partial charge in [0.05, 0.1) is 17.0 Å². The number of benzene rings is 1. The van der Waals surface area contributed by atoms with Crippen molar-refractivity contribution in [3.05, 3.63) is 29.8 Å². The molecule has 3 atom stereocenters. The molecule has 1 saturated heterocycles. The molecule has 0 bridgehead atoms. The van der Waals surface area contributed by atoms with Crippen LogP contribution in [-0.4, -0.2) is 27.2 Å². The largest absolute Gasteiger partial charge is 0.377 e. The second-order valence-corrected chi connectivity index (χ2v) is 6.67. The molecular weight excluding hydrogens is 264 g/mol. The molecule has 3 N–H and O–H groups in total. The molecule has 5 nitrogen and oxygen atoms in total. The van der Waals surface area contributed by atoms with Crippen molar-refractivity contribution in [3.63, 3.8) is 0 Å². The van der Waals surface area contributed by atoms with Crippen LogP contribution in [0.3, 0.4) is 0 Å². The highest BCUT2D eigenvalue weighted by Crippen LogP contribution is 2.19. The summed E-state index contributed by atoms with van der Waals surface area (Å²) in [5, 5.41) is 0. The number of sulfonamides is 1. The van der Waals surface area contributed by atoms with Gasteiger partial charge in [-0.1, -0.05) is 12.1 Å². The molecule has 1 aliphatic rings. The van der Waals surface area contributed by atoms with Gasteiger partial charge in [-0.05, 0) is 38.0 Å². The third kappa shape index (κ3) is 3.33. The van der Waals surface area contributed by atoms with E-state index in [2.05, 4.69) is 4.72 Å². The standard InChI is InChI=1S/C13H20N2O3S/c1-9(14)11-4-3-5-12(8-11)19(16,17)15-13-6-7-18-10(13)2/h3-5,8-10,13,15H,6-7,14H2,1-2H3. The third-order valence-electron chi connectivity index (χ3n) is 3.38. The van der Waals surface area contributed by atoms with E-state index < -0.39 is 10.0 Å². The zero-order valence-electron chi connectivity index (χ0n) is 11.2. The first-order valence-corrected chi connectivity index (χ1v) is 7.88. The van der Waals surface area contributed by atoms with Crippen LogP contribution in [0.5, 0.6) is 0 Å². The van der Waals surface area contributed by atoms with Gasteiger partial charge in [0.25, 0.3) is 0 Å². The van der Waals surface area contributed by atoms with Crippen LogP contribution >= 0.6 is 0 Å². The molecule has 0 aromatic heterocycles. The van der Waals surface area contributed by atoms with Gasteiger partial charge in [-0.2, -0.15) is 0 Å². The predicted molar refractivity (Wildman–Crippen MR) is 73.2 cm³/mol. The van der Waals surface area contributed by atoms with Gasteiger partial charge in [-0.3, -0.25) is 0 Å². The molecule has 6 heteroatoms. The molecule has 0 aliphatic carbocycles. The van der Waals surface area contributed by atoms with Gasteiger partial charge in [0.1, 0.15) is 0 Å². The van der Waals surface area contributed by atoms with Crippen molar-refractivity contribution < 1.29 is 13.2 Å². The number of nitrogens with one attached hydrogen (secondary N) is 1. The zero-order valence-corrected chi connectivity index (χ0v) is 12.0. The van der Waals surface area contributed by atoms with Crippen LogP contribution in [-0.2, 0) is 14.8 Å². The minimum absolute atomic E-state index is 0.0913. The lowest BCUT2D eigenvalue weighted by atomic mass is 10.1. The van der Waals surface area contributed by atoms with Gasteiger partial charge in [0.15, 0.2) is 0 Å². The van der Waals surface area contributed by atoms with Gasteiger partial charge in [0, 0.05) is 12.6 Å². The molecule has 2 rings (SSSR count). The minimum atomic E-state index is -3.52. The van der Waals surface area contributed by atoms with E-state index >= 15 is 0 Å². The maximum Gasteiger partial charge on any atom is 0.240 e. The van der Waals surface area contributed by atoms with Crippen LogP contribution in [0, 0.1) is 0 Å². The Morgan fingerprint density at radius 3 is 2.79 bits per heavy atom. The lowest BCUT2D eigenvalue weighted by molar-refractivity contribution is 0.117. The van der Waals surface area contributed by atoms with Crippen LogP contribution in [0.2, 0.25) is 0 Å². The van der Waals surface area contributed by atoms with E-state index in [0.29, 0.717) is 13.0 Å². The van der Waals surface area contributed by atoms with E-state index in [1.165, 1.54) is 0 Å². The fraction of sp³-hybridized carbons (Fsp3) is 0.538. The van der Waals surface area contributed by atoms with Crippen LogP contribution in [0.4, 0.5) is 0 Å².